The van der Waals surface area contributed by atoms with E-state index in [9.17, 15) is 13.2 Å². The summed E-state index contributed by atoms with van der Waals surface area (Å²) in [6, 6.07) is 6.01. The Labute approximate surface area is 147 Å². The molecule has 2 aromatic rings. The predicted molar refractivity (Wildman–Crippen MR) is 94.9 cm³/mol. The van der Waals surface area contributed by atoms with E-state index in [4.69, 9.17) is 0 Å². The van der Waals surface area contributed by atoms with Gasteiger partial charge in [0.1, 0.15) is 0 Å². The van der Waals surface area contributed by atoms with Crippen LogP contribution in [0.3, 0.4) is 0 Å². The van der Waals surface area contributed by atoms with Gasteiger partial charge in [-0.25, -0.2) is 13.2 Å². The van der Waals surface area contributed by atoms with Crippen molar-refractivity contribution < 1.29 is 13.2 Å². The molecule has 134 valence electrons. The topological polar surface area (TPSA) is 104 Å². The first kappa shape index (κ1) is 17.5. The molecule has 3 N–H and O–H groups in total. The molecule has 2 amide bonds. The average molecular weight is 362 g/mol. The summed E-state index contributed by atoms with van der Waals surface area (Å²) < 4.78 is 25.3. The molecular weight excluding hydrogens is 340 g/mol. The molecule has 0 saturated heterocycles. The molecule has 1 aliphatic rings. The lowest BCUT2D eigenvalue weighted by molar-refractivity contribution is 0.251. The molecule has 1 aromatic carbocycles. The highest BCUT2D eigenvalue weighted by Gasteiger charge is 2.28. The molecule has 1 aliphatic carbocycles. The Morgan fingerprint density at radius 2 is 1.88 bits per heavy atom. The summed E-state index contributed by atoms with van der Waals surface area (Å²) in [5.74, 6) is 0. The number of amides is 2. The van der Waals surface area contributed by atoms with Gasteiger partial charge in [0.15, 0.2) is 9.84 Å². The number of nitrogens with zero attached hydrogens (tertiary/aromatic N) is 1. The number of benzene rings is 1. The molecule has 25 heavy (non-hydrogen) atoms. The van der Waals surface area contributed by atoms with Crippen molar-refractivity contribution in [2.75, 3.05) is 5.32 Å². The van der Waals surface area contributed by atoms with E-state index in [1.807, 2.05) is 0 Å². The van der Waals surface area contributed by atoms with Crippen LogP contribution in [-0.2, 0) is 16.4 Å². The number of urea groups is 1. The number of aromatic nitrogens is 2. The molecule has 1 saturated carbocycles. The van der Waals surface area contributed by atoms with Crippen LogP contribution in [0.25, 0.3) is 0 Å². The zero-order valence-electron chi connectivity index (χ0n) is 13.9. The number of carbonyl (C=O) groups excluding carboxylic acids is 1. The van der Waals surface area contributed by atoms with Crippen molar-refractivity contribution in [3.8, 4) is 0 Å². The third kappa shape index (κ3) is 4.39. The predicted octanol–water partition coefficient (Wildman–Crippen LogP) is 2.84. The van der Waals surface area contributed by atoms with Crippen molar-refractivity contribution in [1.82, 2.24) is 15.5 Å². The number of nitrogens with one attached hydrogen (secondary N) is 3. The van der Waals surface area contributed by atoms with Gasteiger partial charge in [-0.1, -0.05) is 19.3 Å². The molecule has 8 heteroatoms. The summed E-state index contributed by atoms with van der Waals surface area (Å²) in [6.45, 7) is 0.358. The minimum Gasteiger partial charge on any atom is -0.334 e. The van der Waals surface area contributed by atoms with Gasteiger partial charge in [0.2, 0.25) is 0 Å². The van der Waals surface area contributed by atoms with Crippen LogP contribution in [0.15, 0.2) is 41.6 Å². The van der Waals surface area contributed by atoms with Crippen LogP contribution in [0, 0.1) is 0 Å². The average Bonchev–Trinajstić information content (AvgIpc) is 3.15. The number of H-pyrrole nitrogens is 1. The van der Waals surface area contributed by atoms with Crippen LogP contribution in [0.4, 0.5) is 10.5 Å². The minimum atomic E-state index is -3.29. The first-order chi connectivity index (χ1) is 12.1. The van der Waals surface area contributed by atoms with E-state index in [1.165, 1.54) is 0 Å². The van der Waals surface area contributed by atoms with Gasteiger partial charge in [-0.05, 0) is 37.1 Å². The van der Waals surface area contributed by atoms with Gasteiger partial charge < -0.3 is 10.6 Å². The Morgan fingerprint density at radius 3 is 2.52 bits per heavy atom. The number of anilines is 1. The molecule has 0 radical (unpaired) electrons. The lowest BCUT2D eigenvalue weighted by Gasteiger charge is -2.21. The Balaban J connectivity index is 1.58. The second-order valence-corrected chi connectivity index (χ2v) is 8.47. The fraction of sp³-hybridized carbons (Fsp3) is 0.412. The maximum Gasteiger partial charge on any atom is 0.319 e. The van der Waals surface area contributed by atoms with E-state index in [0.717, 1.165) is 37.7 Å². The summed E-state index contributed by atoms with van der Waals surface area (Å²) in [7, 11) is -3.29. The molecular formula is C17H22N4O3S. The van der Waals surface area contributed by atoms with Gasteiger partial charge in [0, 0.05) is 24.0 Å². The van der Waals surface area contributed by atoms with Crippen LogP contribution >= 0.6 is 0 Å². The van der Waals surface area contributed by atoms with Crippen molar-refractivity contribution in [2.24, 2.45) is 0 Å². The van der Waals surface area contributed by atoms with Crippen molar-refractivity contribution in [2.45, 2.75) is 48.8 Å². The molecule has 1 aromatic heterocycles. The zero-order valence-corrected chi connectivity index (χ0v) is 14.7. The lowest BCUT2D eigenvalue weighted by Crippen LogP contribution is -2.28. The van der Waals surface area contributed by atoms with Gasteiger partial charge >= 0.3 is 6.03 Å². The Bertz CT molecular complexity index is 795. The molecule has 3 rings (SSSR count). The first-order valence-electron chi connectivity index (χ1n) is 8.42. The van der Waals surface area contributed by atoms with Gasteiger partial charge in [-0.2, -0.15) is 5.10 Å². The second-order valence-electron chi connectivity index (χ2n) is 6.24. The third-order valence-corrected chi connectivity index (χ3v) is 6.72. The van der Waals surface area contributed by atoms with Gasteiger partial charge in [-0.15, -0.1) is 0 Å². The van der Waals surface area contributed by atoms with Crippen LogP contribution in [0.2, 0.25) is 0 Å². The summed E-state index contributed by atoms with van der Waals surface area (Å²) >= 11 is 0. The highest BCUT2D eigenvalue weighted by atomic mass is 32.2. The molecule has 0 bridgehead atoms. The molecule has 0 atom stereocenters. The van der Waals surface area contributed by atoms with Crippen molar-refractivity contribution in [3.05, 3.63) is 42.2 Å². The number of hydrogen-bond donors (Lipinski definition) is 3. The Morgan fingerprint density at radius 1 is 1.16 bits per heavy atom. The van der Waals surface area contributed by atoms with Crippen LogP contribution in [-0.4, -0.2) is 29.9 Å². The highest BCUT2D eigenvalue weighted by molar-refractivity contribution is 7.92. The number of hydrogen-bond acceptors (Lipinski definition) is 4. The normalized spacial score (nSPS) is 15.7. The highest BCUT2D eigenvalue weighted by Crippen LogP contribution is 2.29. The van der Waals surface area contributed by atoms with E-state index < -0.39 is 9.84 Å². The molecule has 1 fully saturated rings. The Hall–Kier alpha value is -2.35. The molecule has 0 spiro atoms. The summed E-state index contributed by atoms with van der Waals surface area (Å²) in [6.07, 6.45) is 7.86. The smallest absolute Gasteiger partial charge is 0.319 e. The third-order valence-electron chi connectivity index (χ3n) is 4.44. The van der Waals surface area contributed by atoms with Crippen molar-refractivity contribution in [3.63, 3.8) is 0 Å². The largest absolute Gasteiger partial charge is 0.334 e. The van der Waals surface area contributed by atoms with Crippen LogP contribution in [0.1, 0.15) is 37.7 Å². The fourth-order valence-electron chi connectivity index (χ4n) is 3.03. The maximum atomic E-state index is 12.6. The van der Waals surface area contributed by atoms with Crippen LogP contribution in [0.5, 0.6) is 0 Å². The first-order valence-corrected chi connectivity index (χ1v) is 9.97. The second kappa shape index (κ2) is 7.69. The number of carbonyl (C=O) groups is 1. The van der Waals surface area contributed by atoms with Gasteiger partial charge in [0.05, 0.1) is 16.3 Å². The number of rotatable bonds is 5. The van der Waals surface area contributed by atoms with E-state index in [2.05, 4.69) is 20.8 Å². The summed E-state index contributed by atoms with van der Waals surface area (Å²) in [5.41, 5.74) is 1.41. The monoisotopic (exact) mass is 362 g/mol. The van der Waals surface area contributed by atoms with Crippen LogP contribution < -0.4 is 10.6 Å². The zero-order chi connectivity index (χ0) is 17.7. The van der Waals surface area contributed by atoms with Gasteiger partial charge in [-0.3, -0.25) is 5.10 Å². The van der Waals surface area contributed by atoms with E-state index >= 15 is 0 Å². The van der Waals surface area contributed by atoms with Crippen molar-refractivity contribution >= 4 is 21.6 Å². The minimum absolute atomic E-state index is 0.279. The van der Waals surface area contributed by atoms with E-state index in [1.54, 1.807) is 36.7 Å². The number of sulfone groups is 1. The maximum absolute atomic E-state index is 12.6. The SMILES string of the molecule is O=C(NCc1cn[nH]c1)Nc1ccc(S(=O)(=O)C2CCCCC2)cc1. The van der Waals surface area contributed by atoms with Gasteiger partial charge in [0.25, 0.3) is 0 Å². The molecule has 0 aliphatic heterocycles. The standard InChI is InChI=1S/C17H22N4O3S/c22-17(18-10-13-11-19-20-12-13)21-14-6-8-16(9-7-14)25(23,24)15-4-2-1-3-5-15/h6-9,11-12,15H,1-5,10H2,(H,19,20)(H2,18,21,22). The molecule has 7 nitrogen and oxygen atoms in total. The summed E-state index contributed by atoms with van der Waals surface area (Å²) in [5, 5.41) is 11.6. The molecule has 1 heterocycles. The van der Waals surface area contributed by atoms with Crippen molar-refractivity contribution in [1.29, 1.82) is 0 Å². The lowest BCUT2D eigenvalue weighted by atomic mass is 10.0. The summed E-state index contributed by atoms with van der Waals surface area (Å²) in [4.78, 5) is 12.2. The molecule has 0 unspecified atom stereocenters. The van der Waals surface area contributed by atoms with E-state index in [-0.39, 0.29) is 11.3 Å². The fourth-order valence-corrected chi connectivity index (χ4v) is 4.88. The quantitative estimate of drug-likeness (QED) is 0.761. The van der Waals surface area contributed by atoms with E-state index in [0.29, 0.717) is 17.1 Å². The Kier molecular flexibility index (Phi) is 5.37. The number of aromatic amines is 1.